The number of aliphatic imine (C=N–C) groups is 1. The Bertz CT molecular complexity index is 487. The Morgan fingerprint density at radius 1 is 1.17 bits per heavy atom. The van der Waals surface area contributed by atoms with Crippen molar-refractivity contribution < 1.29 is 9.47 Å². The average Bonchev–Trinajstić information content (AvgIpc) is 2.59. The lowest BCUT2D eigenvalue weighted by Crippen LogP contribution is -2.47. The van der Waals surface area contributed by atoms with Gasteiger partial charge in [0.15, 0.2) is 5.96 Å². The molecule has 1 aromatic rings. The molecular formula is C19H31N3O2. The van der Waals surface area contributed by atoms with E-state index in [4.69, 9.17) is 9.47 Å². The molecule has 1 aliphatic rings. The number of nitrogens with one attached hydrogen (secondary N) is 2. The predicted molar refractivity (Wildman–Crippen MR) is 98.2 cm³/mol. The molecular weight excluding hydrogens is 302 g/mol. The number of hydrogen-bond donors (Lipinski definition) is 2. The van der Waals surface area contributed by atoms with E-state index in [-0.39, 0.29) is 0 Å². The van der Waals surface area contributed by atoms with Crippen LogP contribution < -0.4 is 10.6 Å². The highest BCUT2D eigenvalue weighted by atomic mass is 16.5. The van der Waals surface area contributed by atoms with Crippen molar-refractivity contribution in [2.45, 2.75) is 32.3 Å². The SMILES string of the molecule is CN=C(NCCOCc1ccccc1)NCC1(CCOC)CCC1. The molecule has 1 saturated carbocycles. The Kier molecular flexibility index (Phi) is 8.05. The molecule has 0 unspecified atom stereocenters. The van der Waals surface area contributed by atoms with E-state index < -0.39 is 0 Å². The Hall–Kier alpha value is -1.59. The zero-order valence-corrected chi connectivity index (χ0v) is 15.0. The molecule has 0 aliphatic heterocycles. The summed E-state index contributed by atoms with van der Waals surface area (Å²) in [6, 6.07) is 10.2. The Morgan fingerprint density at radius 3 is 2.58 bits per heavy atom. The van der Waals surface area contributed by atoms with Crippen LogP contribution in [0.4, 0.5) is 0 Å². The fourth-order valence-electron chi connectivity index (χ4n) is 3.01. The number of benzene rings is 1. The average molecular weight is 333 g/mol. The normalized spacial score (nSPS) is 16.5. The van der Waals surface area contributed by atoms with Crippen LogP contribution in [0.2, 0.25) is 0 Å². The first-order valence-electron chi connectivity index (χ1n) is 8.83. The van der Waals surface area contributed by atoms with Crippen molar-refractivity contribution in [1.29, 1.82) is 0 Å². The minimum absolute atomic E-state index is 0.386. The monoisotopic (exact) mass is 333 g/mol. The van der Waals surface area contributed by atoms with Crippen molar-refractivity contribution in [3.8, 4) is 0 Å². The van der Waals surface area contributed by atoms with Gasteiger partial charge in [0, 0.05) is 33.9 Å². The van der Waals surface area contributed by atoms with Crippen LogP contribution in [0.3, 0.4) is 0 Å². The smallest absolute Gasteiger partial charge is 0.191 e. The number of methoxy groups -OCH3 is 1. The van der Waals surface area contributed by atoms with Gasteiger partial charge in [0.1, 0.15) is 0 Å². The maximum atomic E-state index is 5.68. The van der Waals surface area contributed by atoms with Crippen molar-refractivity contribution in [3.63, 3.8) is 0 Å². The summed E-state index contributed by atoms with van der Waals surface area (Å²) in [5.74, 6) is 0.849. The summed E-state index contributed by atoms with van der Waals surface area (Å²) >= 11 is 0. The van der Waals surface area contributed by atoms with Gasteiger partial charge in [-0.25, -0.2) is 0 Å². The molecule has 0 radical (unpaired) electrons. The summed E-state index contributed by atoms with van der Waals surface area (Å²) in [4.78, 5) is 4.29. The molecule has 0 amide bonds. The molecule has 2 rings (SSSR count). The van der Waals surface area contributed by atoms with E-state index in [1.54, 1.807) is 7.11 Å². The van der Waals surface area contributed by atoms with Gasteiger partial charge in [-0.05, 0) is 30.2 Å². The molecule has 0 aromatic heterocycles. The van der Waals surface area contributed by atoms with E-state index in [1.165, 1.54) is 24.8 Å². The van der Waals surface area contributed by atoms with Crippen molar-refractivity contribution in [1.82, 2.24) is 10.6 Å². The van der Waals surface area contributed by atoms with Crippen molar-refractivity contribution in [2.75, 3.05) is 40.5 Å². The van der Waals surface area contributed by atoms with Crippen LogP contribution in [0.5, 0.6) is 0 Å². The minimum atomic E-state index is 0.386. The highest BCUT2D eigenvalue weighted by Gasteiger charge is 2.36. The summed E-state index contributed by atoms with van der Waals surface area (Å²) in [5.41, 5.74) is 1.59. The molecule has 0 atom stereocenters. The first-order valence-corrected chi connectivity index (χ1v) is 8.83. The van der Waals surface area contributed by atoms with E-state index in [9.17, 15) is 0 Å². The third-order valence-electron chi connectivity index (χ3n) is 4.76. The van der Waals surface area contributed by atoms with Crippen LogP contribution in [-0.4, -0.2) is 46.4 Å². The molecule has 0 spiro atoms. The molecule has 5 nitrogen and oxygen atoms in total. The summed E-state index contributed by atoms with van der Waals surface area (Å²) in [6.07, 6.45) is 5.00. The second kappa shape index (κ2) is 10.3. The van der Waals surface area contributed by atoms with E-state index in [0.717, 1.165) is 32.1 Å². The third kappa shape index (κ3) is 6.13. The molecule has 24 heavy (non-hydrogen) atoms. The van der Waals surface area contributed by atoms with E-state index in [1.807, 2.05) is 25.2 Å². The van der Waals surface area contributed by atoms with Crippen LogP contribution >= 0.6 is 0 Å². The first-order chi connectivity index (χ1) is 11.8. The van der Waals surface area contributed by atoms with Gasteiger partial charge in [0.25, 0.3) is 0 Å². The number of ether oxygens (including phenoxy) is 2. The standard InChI is InChI=1S/C19H31N3O2/c1-20-18(22-16-19(9-6-10-19)11-13-23-2)21-12-14-24-15-17-7-4-3-5-8-17/h3-5,7-8H,6,9-16H2,1-2H3,(H2,20,21,22). The molecule has 0 bridgehead atoms. The maximum absolute atomic E-state index is 5.68. The first kappa shape index (κ1) is 18.7. The lowest BCUT2D eigenvalue weighted by atomic mass is 9.67. The molecule has 0 heterocycles. The van der Waals surface area contributed by atoms with Gasteiger partial charge in [-0.1, -0.05) is 36.8 Å². The summed E-state index contributed by atoms with van der Waals surface area (Å²) in [7, 11) is 3.58. The van der Waals surface area contributed by atoms with Crippen LogP contribution in [0.15, 0.2) is 35.3 Å². The van der Waals surface area contributed by atoms with Crippen LogP contribution in [-0.2, 0) is 16.1 Å². The van der Waals surface area contributed by atoms with E-state index in [2.05, 4.69) is 27.8 Å². The molecule has 1 fully saturated rings. The Labute approximate surface area is 145 Å². The number of nitrogens with zero attached hydrogens (tertiary/aromatic N) is 1. The van der Waals surface area contributed by atoms with E-state index in [0.29, 0.717) is 18.6 Å². The maximum Gasteiger partial charge on any atom is 0.191 e. The highest BCUT2D eigenvalue weighted by molar-refractivity contribution is 5.79. The summed E-state index contributed by atoms with van der Waals surface area (Å²) in [5, 5.41) is 6.77. The zero-order valence-electron chi connectivity index (χ0n) is 15.0. The van der Waals surface area contributed by atoms with Gasteiger partial charge < -0.3 is 20.1 Å². The second-order valence-corrected chi connectivity index (χ2v) is 6.49. The van der Waals surface area contributed by atoms with Gasteiger partial charge in [-0.3, -0.25) is 4.99 Å². The van der Waals surface area contributed by atoms with Crippen molar-refractivity contribution in [2.24, 2.45) is 10.4 Å². The predicted octanol–water partition coefficient (Wildman–Crippen LogP) is 2.58. The molecule has 2 N–H and O–H groups in total. The number of hydrogen-bond acceptors (Lipinski definition) is 3. The minimum Gasteiger partial charge on any atom is -0.385 e. The Morgan fingerprint density at radius 2 is 1.96 bits per heavy atom. The van der Waals surface area contributed by atoms with Crippen LogP contribution in [0.25, 0.3) is 0 Å². The molecule has 0 saturated heterocycles. The van der Waals surface area contributed by atoms with E-state index >= 15 is 0 Å². The van der Waals surface area contributed by atoms with Crippen molar-refractivity contribution in [3.05, 3.63) is 35.9 Å². The van der Waals surface area contributed by atoms with Gasteiger partial charge in [0.05, 0.1) is 13.2 Å². The Balaban J connectivity index is 1.60. The highest BCUT2D eigenvalue weighted by Crippen LogP contribution is 2.43. The quantitative estimate of drug-likeness (QED) is 0.393. The summed E-state index contributed by atoms with van der Waals surface area (Å²) < 4.78 is 10.9. The fraction of sp³-hybridized carbons (Fsp3) is 0.632. The second-order valence-electron chi connectivity index (χ2n) is 6.49. The van der Waals surface area contributed by atoms with Gasteiger partial charge in [-0.2, -0.15) is 0 Å². The summed E-state index contributed by atoms with van der Waals surface area (Å²) in [6.45, 7) is 3.85. The number of rotatable bonds is 10. The molecule has 134 valence electrons. The van der Waals surface area contributed by atoms with Gasteiger partial charge >= 0.3 is 0 Å². The lowest BCUT2D eigenvalue weighted by molar-refractivity contribution is 0.0731. The number of guanidine groups is 1. The van der Waals surface area contributed by atoms with Gasteiger partial charge in [0.2, 0.25) is 0 Å². The van der Waals surface area contributed by atoms with Crippen LogP contribution in [0, 0.1) is 5.41 Å². The third-order valence-corrected chi connectivity index (χ3v) is 4.76. The molecule has 5 heteroatoms. The zero-order chi connectivity index (χ0) is 17.1. The molecule has 1 aliphatic carbocycles. The van der Waals surface area contributed by atoms with Crippen molar-refractivity contribution >= 4 is 5.96 Å². The molecule has 1 aromatic carbocycles. The van der Waals surface area contributed by atoms with Crippen LogP contribution in [0.1, 0.15) is 31.2 Å². The largest absolute Gasteiger partial charge is 0.385 e. The lowest BCUT2D eigenvalue weighted by Gasteiger charge is -2.42. The van der Waals surface area contributed by atoms with Gasteiger partial charge in [-0.15, -0.1) is 0 Å². The fourth-order valence-corrected chi connectivity index (χ4v) is 3.01. The topological polar surface area (TPSA) is 54.9 Å².